The zero-order chi connectivity index (χ0) is 12.1. The van der Waals surface area contributed by atoms with E-state index in [-0.39, 0.29) is 17.1 Å². The molecular weight excluding hydrogens is 214 g/mol. The molecular formula is C10H9NO5. The van der Waals surface area contributed by atoms with Gasteiger partial charge in [-0.1, -0.05) is 0 Å². The number of carbonyl (C=O) groups excluding carboxylic acids is 1. The van der Waals surface area contributed by atoms with Crippen molar-refractivity contribution in [3.05, 3.63) is 35.9 Å². The van der Waals surface area contributed by atoms with E-state index in [0.29, 0.717) is 6.26 Å². The summed E-state index contributed by atoms with van der Waals surface area (Å²) in [5.41, 5.74) is -0.406. The van der Waals surface area contributed by atoms with Crippen LogP contribution >= 0.6 is 0 Å². The molecule has 2 N–H and O–H groups in total. The quantitative estimate of drug-likeness (QED) is 0.449. The lowest BCUT2D eigenvalue weighted by atomic mass is 10.2. The monoisotopic (exact) mass is 223 g/mol. The second-order valence-electron chi connectivity index (χ2n) is 2.76. The van der Waals surface area contributed by atoms with Crippen LogP contribution in [0.2, 0.25) is 0 Å². The number of allylic oxidation sites excluding steroid dienone is 1. The largest absolute Gasteiger partial charge is 0.515 e. The molecule has 0 amide bonds. The average molecular weight is 223 g/mol. The predicted molar refractivity (Wildman–Crippen MR) is 53.8 cm³/mol. The first-order valence-corrected chi connectivity index (χ1v) is 4.23. The number of aliphatic hydroxyl groups is 1. The highest BCUT2D eigenvalue weighted by molar-refractivity contribution is 6.03. The maximum atomic E-state index is 11.3. The van der Waals surface area contributed by atoms with Crippen LogP contribution in [0.25, 0.3) is 0 Å². The van der Waals surface area contributed by atoms with Crippen LogP contribution in [0.5, 0.6) is 5.75 Å². The van der Waals surface area contributed by atoms with Crippen LogP contribution in [0.3, 0.4) is 0 Å². The van der Waals surface area contributed by atoms with Gasteiger partial charge in [-0.2, -0.15) is 0 Å². The van der Waals surface area contributed by atoms with Crippen LogP contribution < -0.4 is 4.74 Å². The van der Waals surface area contributed by atoms with E-state index in [9.17, 15) is 9.59 Å². The van der Waals surface area contributed by atoms with Gasteiger partial charge in [-0.3, -0.25) is 4.79 Å². The fourth-order valence-electron chi connectivity index (χ4n) is 1.01. The Morgan fingerprint density at radius 1 is 1.38 bits per heavy atom. The number of ether oxygens (including phenoxy) is 1. The van der Waals surface area contributed by atoms with Gasteiger partial charge in [-0.05, 0) is 0 Å². The van der Waals surface area contributed by atoms with Crippen LogP contribution in [0.15, 0.2) is 24.5 Å². The van der Waals surface area contributed by atoms with Crippen molar-refractivity contribution in [1.82, 2.24) is 4.98 Å². The first kappa shape index (κ1) is 11.7. The van der Waals surface area contributed by atoms with Gasteiger partial charge in [0.15, 0.2) is 5.69 Å². The van der Waals surface area contributed by atoms with Crippen LogP contribution in [0.4, 0.5) is 0 Å². The topological polar surface area (TPSA) is 96.7 Å². The number of aromatic nitrogens is 1. The molecule has 0 aromatic carbocycles. The second-order valence-corrected chi connectivity index (χ2v) is 2.76. The van der Waals surface area contributed by atoms with E-state index in [4.69, 9.17) is 14.9 Å². The Hall–Kier alpha value is -2.37. The molecule has 0 bridgehead atoms. The number of rotatable bonds is 4. The molecule has 0 spiro atoms. The molecule has 1 aromatic heterocycles. The lowest BCUT2D eigenvalue weighted by Gasteiger charge is -2.03. The molecule has 0 atom stereocenters. The number of hydrogen-bond acceptors (Lipinski definition) is 5. The van der Waals surface area contributed by atoms with Crippen molar-refractivity contribution in [3.8, 4) is 5.75 Å². The molecule has 1 rings (SSSR count). The van der Waals surface area contributed by atoms with Crippen molar-refractivity contribution in [3.63, 3.8) is 0 Å². The van der Waals surface area contributed by atoms with Crippen LogP contribution in [0.1, 0.15) is 21.0 Å². The van der Waals surface area contributed by atoms with Crippen molar-refractivity contribution in [2.45, 2.75) is 0 Å². The van der Waals surface area contributed by atoms with E-state index < -0.39 is 11.8 Å². The number of methoxy groups -OCH3 is 1. The zero-order valence-corrected chi connectivity index (χ0v) is 8.38. The third kappa shape index (κ3) is 2.57. The van der Waals surface area contributed by atoms with E-state index in [0.717, 1.165) is 6.08 Å². The third-order valence-electron chi connectivity index (χ3n) is 1.73. The second kappa shape index (κ2) is 4.92. The van der Waals surface area contributed by atoms with Crippen molar-refractivity contribution < 1.29 is 24.5 Å². The maximum Gasteiger partial charge on any atom is 0.354 e. The maximum absolute atomic E-state index is 11.3. The number of pyridine rings is 1. The molecule has 0 aliphatic rings. The molecule has 16 heavy (non-hydrogen) atoms. The highest BCUT2D eigenvalue weighted by Crippen LogP contribution is 2.14. The van der Waals surface area contributed by atoms with E-state index in [1.807, 2.05) is 0 Å². The molecule has 0 saturated heterocycles. The third-order valence-corrected chi connectivity index (χ3v) is 1.73. The molecule has 0 saturated carbocycles. The fourth-order valence-corrected chi connectivity index (χ4v) is 1.01. The Kier molecular flexibility index (Phi) is 3.60. The Balaban J connectivity index is 3.24. The number of carbonyl (C=O) groups is 2. The van der Waals surface area contributed by atoms with Gasteiger partial charge in [0.05, 0.1) is 13.4 Å². The number of aliphatic hydroxyl groups excluding tert-OH is 1. The summed E-state index contributed by atoms with van der Waals surface area (Å²) < 4.78 is 4.83. The normalized spacial score (nSPS) is 10.3. The molecule has 0 aliphatic carbocycles. The number of nitrogens with zero attached hydrogens (tertiary/aromatic N) is 1. The first-order chi connectivity index (χ1) is 7.58. The first-order valence-electron chi connectivity index (χ1n) is 4.23. The van der Waals surface area contributed by atoms with Gasteiger partial charge in [0, 0.05) is 18.2 Å². The molecule has 1 aromatic rings. The summed E-state index contributed by atoms with van der Waals surface area (Å²) >= 11 is 0. The number of aromatic carboxylic acids is 1. The highest BCUT2D eigenvalue weighted by atomic mass is 16.5. The lowest BCUT2D eigenvalue weighted by Crippen LogP contribution is -2.07. The van der Waals surface area contributed by atoms with Gasteiger partial charge in [0.2, 0.25) is 5.78 Å². The van der Waals surface area contributed by atoms with Gasteiger partial charge < -0.3 is 14.9 Å². The predicted octanol–water partition coefficient (Wildman–Crippen LogP) is 1.04. The van der Waals surface area contributed by atoms with Gasteiger partial charge in [0.25, 0.3) is 0 Å². The summed E-state index contributed by atoms with van der Waals surface area (Å²) in [6.07, 6.45) is 1.43. The number of carboxylic acid groups (broad SMARTS) is 1. The average Bonchev–Trinajstić information content (AvgIpc) is 2.28. The van der Waals surface area contributed by atoms with Crippen LogP contribution in [-0.2, 0) is 0 Å². The van der Waals surface area contributed by atoms with Gasteiger partial charge in [-0.25, -0.2) is 9.78 Å². The number of hydrogen-bond donors (Lipinski definition) is 2. The number of ketones is 1. The SMILES string of the molecule is COc1cc(C(=O)O)nc(C(=O)/C=C\O)c1. The summed E-state index contributed by atoms with van der Waals surface area (Å²) in [4.78, 5) is 25.6. The molecule has 6 nitrogen and oxygen atoms in total. The van der Waals surface area contributed by atoms with Gasteiger partial charge in [0.1, 0.15) is 11.4 Å². The Morgan fingerprint density at radius 3 is 2.50 bits per heavy atom. The summed E-state index contributed by atoms with van der Waals surface area (Å²) in [7, 11) is 1.34. The molecule has 6 heteroatoms. The van der Waals surface area contributed by atoms with Gasteiger partial charge in [-0.15, -0.1) is 0 Å². The fraction of sp³-hybridized carbons (Fsp3) is 0.100. The molecule has 0 radical (unpaired) electrons. The van der Waals surface area contributed by atoms with Crippen molar-refractivity contribution in [1.29, 1.82) is 0 Å². The molecule has 1 heterocycles. The molecule has 84 valence electrons. The Morgan fingerprint density at radius 2 is 2.00 bits per heavy atom. The number of carboxylic acids is 1. The molecule has 0 unspecified atom stereocenters. The zero-order valence-electron chi connectivity index (χ0n) is 8.38. The van der Waals surface area contributed by atoms with Crippen molar-refractivity contribution in [2.24, 2.45) is 0 Å². The standard InChI is InChI=1S/C10H9NO5/c1-16-6-4-7(9(13)2-3-12)11-8(5-6)10(14)15/h2-5,12H,1H3,(H,14,15)/b3-2-. The van der Waals surface area contributed by atoms with Gasteiger partial charge >= 0.3 is 5.97 Å². The van der Waals surface area contributed by atoms with Crippen LogP contribution in [0, 0.1) is 0 Å². The van der Waals surface area contributed by atoms with Crippen LogP contribution in [-0.4, -0.2) is 34.1 Å². The summed E-state index contributed by atoms with van der Waals surface area (Å²) in [6.45, 7) is 0. The van der Waals surface area contributed by atoms with E-state index in [2.05, 4.69) is 4.98 Å². The molecule has 0 aliphatic heterocycles. The summed E-state index contributed by atoms with van der Waals surface area (Å²) in [5.74, 6) is -1.66. The summed E-state index contributed by atoms with van der Waals surface area (Å²) in [6, 6.07) is 2.48. The Bertz CT molecular complexity index is 453. The van der Waals surface area contributed by atoms with E-state index in [1.165, 1.54) is 19.2 Å². The smallest absolute Gasteiger partial charge is 0.354 e. The van der Waals surface area contributed by atoms with Crippen molar-refractivity contribution >= 4 is 11.8 Å². The minimum Gasteiger partial charge on any atom is -0.515 e. The van der Waals surface area contributed by atoms with E-state index >= 15 is 0 Å². The minimum atomic E-state index is -1.26. The van der Waals surface area contributed by atoms with Crippen molar-refractivity contribution in [2.75, 3.05) is 7.11 Å². The molecule has 0 fully saturated rings. The lowest BCUT2D eigenvalue weighted by molar-refractivity contribution is 0.0690. The van der Waals surface area contributed by atoms with E-state index in [1.54, 1.807) is 0 Å². The Labute approximate surface area is 90.8 Å². The highest BCUT2D eigenvalue weighted by Gasteiger charge is 2.12. The summed E-state index contributed by atoms with van der Waals surface area (Å²) in [5, 5.41) is 17.2. The minimum absolute atomic E-state index is 0.109.